The van der Waals surface area contributed by atoms with Gasteiger partial charge in [-0.25, -0.2) is 9.59 Å². The van der Waals surface area contributed by atoms with Gasteiger partial charge in [0, 0.05) is 12.0 Å². The molecule has 0 saturated carbocycles. The summed E-state index contributed by atoms with van der Waals surface area (Å²) in [7, 11) is 0. The van der Waals surface area contributed by atoms with Crippen molar-refractivity contribution in [3.8, 4) is 0 Å². The van der Waals surface area contributed by atoms with Gasteiger partial charge in [0.1, 0.15) is 11.6 Å². The summed E-state index contributed by atoms with van der Waals surface area (Å²) in [5.41, 5.74) is -1.10. The van der Waals surface area contributed by atoms with E-state index in [0.29, 0.717) is 6.42 Å². The molecule has 1 N–H and O–H groups in total. The van der Waals surface area contributed by atoms with Crippen LogP contribution in [0.15, 0.2) is 11.7 Å². The van der Waals surface area contributed by atoms with Crippen LogP contribution in [-0.2, 0) is 9.53 Å². The summed E-state index contributed by atoms with van der Waals surface area (Å²) < 4.78 is 30.2. The van der Waals surface area contributed by atoms with Crippen LogP contribution < -0.4 is 0 Å². The van der Waals surface area contributed by atoms with Crippen LogP contribution in [0.3, 0.4) is 0 Å². The normalized spacial score (nSPS) is 19.5. The van der Waals surface area contributed by atoms with Gasteiger partial charge >= 0.3 is 12.1 Å². The van der Waals surface area contributed by atoms with Crippen LogP contribution in [0, 0.1) is 0 Å². The number of nitrogens with zero attached hydrogens (tertiary/aromatic N) is 1. The third-order valence-corrected chi connectivity index (χ3v) is 3.18. The first-order valence-corrected chi connectivity index (χ1v) is 5.93. The van der Waals surface area contributed by atoms with E-state index >= 15 is 0 Å². The minimum Gasteiger partial charge on any atom is -0.480 e. The summed E-state index contributed by atoms with van der Waals surface area (Å²) in [4.78, 5) is 23.7. The van der Waals surface area contributed by atoms with Gasteiger partial charge in [-0.2, -0.15) is 8.78 Å². The summed E-state index contributed by atoms with van der Waals surface area (Å²) in [6, 6.07) is -1.29. The van der Waals surface area contributed by atoms with Gasteiger partial charge in [0.2, 0.25) is 0 Å². The fourth-order valence-electron chi connectivity index (χ4n) is 1.64. The van der Waals surface area contributed by atoms with Crippen LogP contribution in [-0.4, -0.2) is 40.3 Å². The van der Waals surface area contributed by atoms with Crippen LogP contribution in [0.1, 0.15) is 33.6 Å². The minimum atomic E-state index is -1.93. The standard InChI is InChI=1S/C12H17F2NO4/c1-4-12(2,3)19-11(18)15-6-7(9(13)14)5-8(15)10(16)17/h8H,4-6H2,1-3H3,(H,16,17). The highest BCUT2D eigenvalue weighted by molar-refractivity contribution is 5.82. The fourth-order valence-corrected chi connectivity index (χ4v) is 1.64. The molecule has 5 nitrogen and oxygen atoms in total. The van der Waals surface area contributed by atoms with Crippen molar-refractivity contribution in [1.29, 1.82) is 0 Å². The Morgan fingerprint density at radius 1 is 1.47 bits per heavy atom. The second-order valence-corrected chi connectivity index (χ2v) is 5.03. The Hall–Kier alpha value is -1.66. The molecule has 1 saturated heterocycles. The topological polar surface area (TPSA) is 66.8 Å². The number of ether oxygens (including phenoxy) is 1. The van der Waals surface area contributed by atoms with Crippen LogP contribution in [0.4, 0.5) is 13.6 Å². The number of carbonyl (C=O) groups excluding carboxylic acids is 1. The molecule has 0 aromatic heterocycles. The van der Waals surface area contributed by atoms with Crippen LogP contribution >= 0.6 is 0 Å². The van der Waals surface area contributed by atoms with E-state index in [4.69, 9.17) is 9.84 Å². The molecule has 0 aliphatic carbocycles. The van der Waals surface area contributed by atoms with Crippen molar-refractivity contribution in [1.82, 2.24) is 4.90 Å². The number of rotatable bonds is 3. The lowest BCUT2D eigenvalue weighted by Gasteiger charge is -2.28. The maximum Gasteiger partial charge on any atom is 0.411 e. The maximum atomic E-state index is 12.5. The van der Waals surface area contributed by atoms with Crippen molar-refractivity contribution in [2.24, 2.45) is 0 Å². The maximum absolute atomic E-state index is 12.5. The van der Waals surface area contributed by atoms with E-state index in [2.05, 4.69) is 0 Å². The highest BCUT2D eigenvalue weighted by atomic mass is 19.3. The lowest BCUT2D eigenvalue weighted by atomic mass is 10.1. The largest absolute Gasteiger partial charge is 0.480 e. The highest BCUT2D eigenvalue weighted by Gasteiger charge is 2.40. The zero-order chi connectivity index (χ0) is 14.8. The molecule has 7 heteroatoms. The molecule has 1 heterocycles. The molecule has 1 unspecified atom stereocenters. The molecule has 0 bridgehead atoms. The smallest absolute Gasteiger partial charge is 0.411 e. The molecule has 1 fully saturated rings. The average molecular weight is 277 g/mol. The SMILES string of the molecule is CCC(C)(C)OC(=O)N1CC(=C(F)F)CC1C(=O)O. The zero-order valence-corrected chi connectivity index (χ0v) is 11.1. The van der Waals surface area contributed by atoms with Gasteiger partial charge in [-0.3, -0.25) is 4.90 Å². The summed E-state index contributed by atoms with van der Waals surface area (Å²) in [5.74, 6) is -1.32. The second-order valence-electron chi connectivity index (χ2n) is 5.03. The van der Waals surface area contributed by atoms with E-state index in [9.17, 15) is 18.4 Å². The number of carbonyl (C=O) groups is 2. The molecule has 0 aromatic carbocycles. The Labute approximate surface area is 109 Å². The third kappa shape index (κ3) is 3.65. The van der Waals surface area contributed by atoms with Crippen LogP contribution in [0.2, 0.25) is 0 Å². The van der Waals surface area contributed by atoms with E-state index in [-0.39, 0.29) is 12.0 Å². The molecule has 19 heavy (non-hydrogen) atoms. The molecular formula is C12H17F2NO4. The van der Waals surface area contributed by atoms with Crippen molar-refractivity contribution < 1.29 is 28.2 Å². The molecule has 1 atom stereocenters. The van der Waals surface area contributed by atoms with Gasteiger partial charge in [0.25, 0.3) is 6.08 Å². The van der Waals surface area contributed by atoms with E-state index < -0.39 is 36.3 Å². The second kappa shape index (κ2) is 5.54. The molecule has 1 aliphatic heterocycles. The van der Waals surface area contributed by atoms with Crippen LogP contribution in [0.5, 0.6) is 0 Å². The van der Waals surface area contributed by atoms with E-state index in [1.807, 2.05) is 0 Å². The molecular weight excluding hydrogens is 260 g/mol. The lowest BCUT2D eigenvalue weighted by Crippen LogP contribution is -2.43. The molecule has 0 aromatic rings. The predicted molar refractivity (Wildman–Crippen MR) is 62.8 cm³/mol. The molecule has 0 radical (unpaired) electrons. The third-order valence-electron chi connectivity index (χ3n) is 3.18. The average Bonchev–Trinajstić information content (AvgIpc) is 2.73. The Morgan fingerprint density at radius 3 is 2.47 bits per heavy atom. The highest BCUT2D eigenvalue weighted by Crippen LogP contribution is 2.28. The van der Waals surface area contributed by atoms with Crippen molar-refractivity contribution in [2.45, 2.75) is 45.3 Å². The van der Waals surface area contributed by atoms with E-state index in [1.165, 1.54) is 0 Å². The van der Waals surface area contributed by atoms with Gasteiger partial charge in [-0.15, -0.1) is 0 Å². The number of likely N-dealkylation sites (tertiary alicyclic amines) is 1. The van der Waals surface area contributed by atoms with Crippen molar-refractivity contribution in [3.05, 3.63) is 11.7 Å². The minimum absolute atomic E-state index is 0.335. The summed E-state index contributed by atoms with van der Waals surface area (Å²) in [6.45, 7) is 4.74. The monoisotopic (exact) mass is 277 g/mol. The number of carboxylic acids is 1. The number of hydrogen-bond donors (Lipinski definition) is 1. The number of halogens is 2. The number of hydrogen-bond acceptors (Lipinski definition) is 3. The zero-order valence-electron chi connectivity index (χ0n) is 11.1. The predicted octanol–water partition coefficient (Wildman–Crippen LogP) is 2.62. The molecule has 1 amide bonds. The van der Waals surface area contributed by atoms with Gasteiger partial charge in [-0.05, 0) is 20.3 Å². The van der Waals surface area contributed by atoms with Gasteiger partial charge in [-0.1, -0.05) is 6.92 Å². The first kappa shape index (κ1) is 15.4. The quantitative estimate of drug-likeness (QED) is 0.861. The summed E-state index contributed by atoms with van der Waals surface area (Å²) in [5, 5.41) is 8.97. The van der Waals surface area contributed by atoms with E-state index in [1.54, 1.807) is 20.8 Å². The molecule has 1 aliphatic rings. The summed E-state index contributed by atoms with van der Waals surface area (Å²) in [6.07, 6.45) is -2.64. The van der Waals surface area contributed by atoms with Gasteiger partial charge in [0.05, 0.1) is 6.54 Å². The van der Waals surface area contributed by atoms with Crippen molar-refractivity contribution in [3.63, 3.8) is 0 Å². The number of aliphatic carboxylic acids is 1. The molecule has 108 valence electrons. The fraction of sp³-hybridized carbons (Fsp3) is 0.667. The first-order valence-electron chi connectivity index (χ1n) is 5.93. The van der Waals surface area contributed by atoms with E-state index in [0.717, 1.165) is 4.90 Å². The Morgan fingerprint density at radius 2 is 2.05 bits per heavy atom. The first-order chi connectivity index (χ1) is 8.68. The van der Waals surface area contributed by atoms with Gasteiger partial charge in [0.15, 0.2) is 0 Å². The lowest BCUT2D eigenvalue weighted by molar-refractivity contribution is -0.142. The Bertz CT molecular complexity index is 416. The van der Waals surface area contributed by atoms with Gasteiger partial charge < -0.3 is 9.84 Å². The number of carboxylic acid groups (broad SMARTS) is 1. The Kier molecular flexibility index (Phi) is 4.49. The number of amides is 1. The Balaban J connectivity index is 2.88. The van der Waals surface area contributed by atoms with Crippen molar-refractivity contribution in [2.75, 3.05) is 6.54 Å². The molecule has 1 rings (SSSR count). The summed E-state index contributed by atoms with van der Waals surface area (Å²) >= 11 is 0. The molecule has 0 spiro atoms. The van der Waals surface area contributed by atoms with Crippen molar-refractivity contribution >= 4 is 12.1 Å². The van der Waals surface area contributed by atoms with Crippen LogP contribution in [0.25, 0.3) is 0 Å².